The standard InChI is InChI=1S/C20H30N2O4/c1-4-25-17-5-7-18(8-6-17)26-14-19(23)21-16-9-11-22(12-10-16)20(24)13-15(2)3/h5-8,15-16H,4,9-14H2,1-3H3,(H,21,23). The number of hydrogen-bond donors (Lipinski definition) is 1. The molecule has 1 fully saturated rings. The van der Waals surface area contributed by atoms with E-state index in [1.807, 2.05) is 24.0 Å². The van der Waals surface area contributed by atoms with E-state index in [0.717, 1.165) is 18.6 Å². The van der Waals surface area contributed by atoms with Crippen LogP contribution < -0.4 is 14.8 Å². The van der Waals surface area contributed by atoms with E-state index in [2.05, 4.69) is 19.2 Å². The van der Waals surface area contributed by atoms with E-state index in [4.69, 9.17) is 9.47 Å². The van der Waals surface area contributed by atoms with Crippen LogP contribution in [0.1, 0.15) is 40.0 Å². The molecule has 1 saturated heterocycles. The summed E-state index contributed by atoms with van der Waals surface area (Å²) in [5.41, 5.74) is 0. The van der Waals surface area contributed by atoms with Crippen molar-refractivity contribution < 1.29 is 19.1 Å². The summed E-state index contributed by atoms with van der Waals surface area (Å²) >= 11 is 0. The first kappa shape index (κ1) is 20.1. The molecule has 1 heterocycles. The van der Waals surface area contributed by atoms with Gasteiger partial charge in [-0.2, -0.15) is 0 Å². The Balaban J connectivity index is 1.68. The highest BCUT2D eigenvalue weighted by molar-refractivity contribution is 5.78. The third-order valence-electron chi connectivity index (χ3n) is 4.30. The molecule has 0 atom stereocenters. The van der Waals surface area contributed by atoms with E-state index < -0.39 is 0 Å². The first-order valence-corrected chi connectivity index (χ1v) is 9.40. The molecule has 1 aromatic rings. The Bertz CT molecular complexity index is 578. The van der Waals surface area contributed by atoms with E-state index in [0.29, 0.717) is 37.8 Å². The molecule has 0 aliphatic carbocycles. The van der Waals surface area contributed by atoms with Crippen molar-refractivity contribution in [2.75, 3.05) is 26.3 Å². The molecule has 0 bridgehead atoms. The number of nitrogens with zero attached hydrogens (tertiary/aromatic N) is 1. The van der Waals surface area contributed by atoms with Gasteiger partial charge in [0.05, 0.1) is 6.61 Å². The molecule has 6 nitrogen and oxygen atoms in total. The molecule has 0 aromatic heterocycles. The van der Waals surface area contributed by atoms with Gasteiger partial charge in [-0.15, -0.1) is 0 Å². The monoisotopic (exact) mass is 362 g/mol. The number of amides is 2. The lowest BCUT2D eigenvalue weighted by molar-refractivity contribution is -0.133. The number of piperidine rings is 1. The molecular weight excluding hydrogens is 332 g/mol. The van der Waals surface area contributed by atoms with Gasteiger partial charge in [-0.1, -0.05) is 13.8 Å². The van der Waals surface area contributed by atoms with Crippen molar-refractivity contribution in [3.8, 4) is 11.5 Å². The topological polar surface area (TPSA) is 67.9 Å². The van der Waals surface area contributed by atoms with Crippen LogP contribution >= 0.6 is 0 Å². The van der Waals surface area contributed by atoms with Crippen LogP contribution in [0.5, 0.6) is 11.5 Å². The van der Waals surface area contributed by atoms with Crippen molar-refractivity contribution in [1.82, 2.24) is 10.2 Å². The molecule has 1 aromatic carbocycles. The molecule has 0 radical (unpaired) electrons. The molecule has 2 amide bonds. The highest BCUT2D eigenvalue weighted by Crippen LogP contribution is 2.17. The number of carbonyl (C=O) groups is 2. The van der Waals surface area contributed by atoms with Crippen molar-refractivity contribution in [3.05, 3.63) is 24.3 Å². The SMILES string of the molecule is CCOc1ccc(OCC(=O)NC2CCN(C(=O)CC(C)C)CC2)cc1. The molecular formula is C20H30N2O4. The van der Waals surface area contributed by atoms with Crippen molar-refractivity contribution in [1.29, 1.82) is 0 Å². The fourth-order valence-corrected chi connectivity index (χ4v) is 2.97. The summed E-state index contributed by atoms with van der Waals surface area (Å²) in [6, 6.07) is 7.32. The maximum atomic E-state index is 12.1. The Labute approximate surface area is 155 Å². The van der Waals surface area contributed by atoms with Gasteiger partial charge in [0.25, 0.3) is 5.91 Å². The van der Waals surface area contributed by atoms with E-state index >= 15 is 0 Å². The average Bonchev–Trinajstić information content (AvgIpc) is 2.61. The summed E-state index contributed by atoms with van der Waals surface area (Å²) < 4.78 is 10.9. The zero-order valence-corrected chi connectivity index (χ0v) is 16.0. The van der Waals surface area contributed by atoms with Crippen LogP contribution in [0.3, 0.4) is 0 Å². The Morgan fingerprint density at radius 1 is 1.12 bits per heavy atom. The van der Waals surface area contributed by atoms with Crippen molar-refractivity contribution >= 4 is 11.8 Å². The largest absolute Gasteiger partial charge is 0.494 e. The van der Waals surface area contributed by atoms with Crippen LogP contribution in [-0.4, -0.2) is 49.1 Å². The second-order valence-corrected chi connectivity index (χ2v) is 7.01. The molecule has 2 rings (SSSR count). The minimum Gasteiger partial charge on any atom is -0.494 e. The van der Waals surface area contributed by atoms with E-state index in [1.165, 1.54) is 0 Å². The zero-order chi connectivity index (χ0) is 18.9. The Hall–Kier alpha value is -2.24. The van der Waals surface area contributed by atoms with Crippen molar-refractivity contribution in [3.63, 3.8) is 0 Å². The predicted molar refractivity (Wildman–Crippen MR) is 100 cm³/mol. The van der Waals surface area contributed by atoms with Crippen molar-refractivity contribution in [2.24, 2.45) is 5.92 Å². The molecule has 1 aliphatic rings. The lowest BCUT2D eigenvalue weighted by Gasteiger charge is -2.32. The Morgan fingerprint density at radius 2 is 1.69 bits per heavy atom. The zero-order valence-electron chi connectivity index (χ0n) is 16.0. The maximum Gasteiger partial charge on any atom is 0.258 e. The van der Waals surface area contributed by atoms with Crippen molar-refractivity contribution in [2.45, 2.75) is 46.1 Å². The lowest BCUT2D eigenvalue weighted by atomic mass is 10.0. The molecule has 6 heteroatoms. The first-order valence-electron chi connectivity index (χ1n) is 9.40. The van der Waals surface area contributed by atoms with Gasteiger partial charge in [0, 0.05) is 25.6 Å². The molecule has 144 valence electrons. The normalized spacial score (nSPS) is 15.0. The molecule has 0 unspecified atom stereocenters. The van der Waals surface area contributed by atoms with Gasteiger partial charge in [0.2, 0.25) is 5.91 Å². The quantitative estimate of drug-likeness (QED) is 0.772. The summed E-state index contributed by atoms with van der Waals surface area (Å²) in [5.74, 6) is 1.87. The molecule has 1 aliphatic heterocycles. The predicted octanol–water partition coefficient (Wildman–Crippen LogP) is 2.62. The minimum atomic E-state index is -0.133. The third-order valence-corrected chi connectivity index (χ3v) is 4.30. The number of rotatable bonds is 8. The van der Waals surface area contributed by atoms with Gasteiger partial charge in [-0.25, -0.2) is 0 Å². The third kappa shape index (κ3) is 6.58. The highest BCUT2D eigenvalue weighted by Gasteiger charge is 2.24. The Kier molecular flexibility index (Phi) is 7.75. The number of hydrogen-bond acceptors (Lipinski definition) is 4. The molecule has 1 N–H and O–H groups in total. The first-order chi connectivity index (χ1) is 12.5. The van der Waals surface area contributed by atoms with E-state index in [1.54, 1.807) is 12.1 Å². The van der Waals surface area contributed by atoms with Crippen LogP contribution in [0, 0.1) is 5.92 Å². The summed E-state index contributed by atoms with van der Waals surface area (Å²) in [6.45, 7) is 8.04. The Morgan fingerprint density at radius 3 is 2.23 bits per heavy atom. The number of carbonyl (C=O) groups excluding carboxylic acids is 2. The fraction of sp³-hybridized carbons (Fsp3) is 0.600. The minimum absolute atomic E-state index is 0.0134. The van der Waals surface area contributed by atoms with Gasteiger partial charge < -0.3 is 19.7 Å². The van der Waals surface area contributed by atoms with Crippen LogP contribution in [0.2, 0.25) is 0 Å². The molecule has 0 spiro atoms. The fourth-order valence-electron chi connectivity index (χ4n) is 2.97. The van der Waals surface area contributed by atoms with Gasteiger partial charge in [0.1, 0.15) is 11.5 Å². The number of nitrogens with one attached hydrogen (secondary N) is 1. The summed E-state index contributed by atoms with van der Waals surface area (Å²) in [6.07, 6.45) is 2.17. The second kappa shape index (κ2) is 10.0. The number of likely N-dealkylation sites (tertiary alicyclic amines) is 1. The maximum absolute atomic E-state index is 12.1. The smallest absolute Gasteiger partial charge is 0.258 e. The van der Waals surface area contributed by atoms with Gasteiger partial charge >= 0.3 is 0 Å². The van der Waals surface area contributed by atoms with Gasteiger partial charge in [0.15, 0.2) is 6.61 Å². The molecule has 26 heavy (non-hydrogen) atoms. The van der Waals surface area contributed by atoms with E-state index in [-0.39, 0.29) is 24.5 Å². The highest BCUT2D eigenvalue weighted by atomic mass is 16.5. The van der Waals surface area contributed by atoms with Gasteiger partial charge in [-0.3, -0.25) is 9.59 Å². The molecule has 0 saturated carbocycles. The average molecular weight is 362 g/mol. The van der Waals surface area contributed by atoms with Crippen LogP contribution in [0.25, 0.3) is 0 Å². The van der Waals surface area contributed by atoms with Gasteiger partial charge in [-0.05, 0) is 49.9 Å². The number of ether oxygens (including phenoxy) is 2. The van der Waals surface area contributed by atoms with Crippen LogP contribution in [0.4, 0.5) is 0 Å². The number of benzene rings is 1. The van der Waals surface area contributed by atoms with E-state index in [9.17, 15) is 9.59 Å². The summed E-state index contributed by atoms with van der Waals surface area (Å²) in [5, 5.41) is 2.99. The van der Waals surface area contributed by atoms with Crippen LogP contribution in [0.15, 0.2) is 24.3 Å². The van der Waals surface area contributed by atoms with Crippen LogP contribution in [-0.2, 0) is 9.59 Å². The summed E-state index contributed by atoms with van der Waals surface area (Å²) in [4.78, 5) is 26.0. The lowest BCUT2D eigenvalue weighted by Crippen LogP contribution is -2.47. The summed E-state index contributed by atoms with van der Waals surface area (Å²) in [7, 11) is 0. The second-order valence-electron chi connectivity index (χ2n) is 7.01.